The fourth-order valence-corrected chi connectivity index (χ4v) is 0.671. The zero-order valence-electron chi connectivity index (χ0n) is 8.92. The average molecular weight is 274 g/mol. The van der Waals surface area contributed by atoms with Crippen molar-refractivity contribution in [3.8, 4) is 0 Å². The van der Waals surface area contributed by atoms with E-state index in [4.69, 9.17) is 35.7 Å². The highest BCUT2D eigenvalue weighted by Gasteiger charge is 2.29. The van der Waals surface area contributed by atoms with Crippen LogP contribution < -0.4 is 0 Å². The lowest BCUT2D eigenvalue weighted by Gasteiger charge is -2.24. The van der Waals surface area contributed by atoms with Gasteiger partial charge < -0.3 is 35.7 Å². The molecular weight excluding hydrogens is 256 g/mol. The monoisotopic (exact) mass is 274 g/mol. The van der Waals surface area contributed by atoms with Crippen molar-refractivity contribution in [1.82, 2.24) is 0 Å². The fourth-order valence-electron chi connectivity index (χ4n) is 0.671. The highest BCUT2D eigenvalue weighted by Crippen LogP contribution is 2.03. The highest BCUT2D eigenvalue weighted by atomic mass is 32.1. The maximum absolute atomic E-state index is 9.29. The number of thiol groups is 1. The minimum absolute atomic E-state index is 0.0833. The molecule has 0 amide bonds. The van der Waals surface area contributed by atoms with E-state index in [1.807, 2.05) is 0 Å². The molecule has 0 bridgehead atoms. The van der Waals surface area contributed by atoms with Crippen LogP contribution in [0.1, 0.15) is 0 Å². The van der Waals surface area contributed by atoms with Crippen molar-refractivity contribution in [2.75, 3.05) is 19.0 Å². The Morgan fingerprint density at radius 2 is 1.18 bits per heavy atom. The molecule has 0 fully saturated rings. The van der Waals surface area contributed by atoms with Crippen LogP contribution in [-0.2, 0) is 4.79 Å². The second-order valence-corrected chi connectivity index (χ2v) is 3.35. The average Bonchev–Trinajstić information content (AvgIpc) is 2.35. The van der Waals surface area contributed by atoms with Crippen molar-refractivity contribution in [1.29, 1.82) is 0 Å². The molecule has 0 spiro atoms. The van der Waals surface area contributed by atoms with Gasteiger partial charge in [0.2, 0.25) is 0 Å². The Morgan fingerprint density at radius 3 is 1.29 bits per heavy atom. The van der Waals surface area contributed by atoms with E-state index in [0.717, 1.165) is 0 Å². The SMILES string of the molecule is O=C(O)CS.OCC(O)C(O)C(O)C(O)CO. The molecule has 4 unspecified atom stereocenters. The first-order valence-corrected chi connectivity index (χ1v) is 5.21. The Morgan fingerprint density at radius 1 is 0.941 bits per heavy atom. The van der Waals surface area contributed by atoms with Gasteiger partial charge in [-0.3, -0.25) is 4.79 Å². The smallest absolute Gasteiger partial charge is 0.313 e. The summed E-state index contributed by atoms with van der Waals surface area (Å²) in [6.45, 7) is -1.45. The van der Waals surface area contributed by atoms with Gasteiger partial charge in [0.05, 0.1) is 19.0 Å². The fraction of sp³-hybridized carbons (Fsp3) is 0.875. The lowest BCUT2D eigenvalue weighted by atomic mass is 10.0. The molecule has 0 aromatic rings. The van der Waals surface area contributed by atoms with Crippen molar-refractivity contribution in [2.24, 2.45) is 0 Å². The van der Waals surface area contributed by atoms with Crippen LogP contribution in [0.5, 0.6) is 0 Å². The summed E-state index contributed by atoms with van der Waals surface area (Å²) >= 11 is 3.42. The van der Waals surface area contributed by atoms with Gasteiger partial charge >= 0.3 is 5.97 Å². The van der Waals surface area contributed by atoms with Gasteiger partial charge in [-0.25, -0.2) is 0 Å². The molecule has 0 heterocycles. The van der Waals surface area contributed by atoms with Gasteiger partial charge in [0, 0.05) is 0 Å². The van der Waals surface area contributed by atoms with E-state index >= 15 is 0 Å². The third-order valence-corrected chi connectivity index (χ3v) is 1.92. The number of hydrogen-bond acceptors (Lipinski definition) is 8. The predicted octanol–water partition coefficient (Wildman–Crippen LogP) is -3.58. The van der Waals surface area contributed by atoms with Crippen LogP contribution >= 0.6 is 12.6 Å². The zero-order chi connectivity index (χ0) is 14.0. The topological polar surface area (TPSA) is 159 Å². The molecule has 7 N–H and O–H groups in total. The van der Waals surface area contributed by atoms with E-state index in [0.29, 0.717) is 0 Å². The van der Waals surface area contributed by atoms with Gasteiger partial charge in [-0.15, -0.1) is 0 Å². The van der Waals surface area contributed by atoms with Crippen LogP contribution in [0.15, 0.2) is 0 Å². The molecule has 0 saturated heterocycles. The summed E-state index contributed by atoms with van der Waals surface area (Å²) in [5, 5.41) is 59.8. The number of aliphatic hydroxyl groups excluding tert-OH is 6. The minimum Gasteiger partial charge on any atom is -0.481 e. The van der Waals surface area contributed by atoms with Crippen LogP contribution in [-0.4, -0.2) is 85.1 Å². The Kier molecular flexibility index (Phi) is 11.9. The molecule has 0 rings (SSSR count). The third kappa shape index (κ3) is 9.30. The Hall–Kier alpha value is -0.420. The number of rotatable bonds is 6. The van der Waals surface area contributed by atoms with Gasteiger partial charge in [-0.05, 0) is 0 Å². The molecular formula is C8H18O8S. The number of aliphatic hydroxyl groups is 6. The molecule has 0 saturated carbocycles. The standard InChI is InChI=1S/C6H14O6.C2H4O2S/c7-1-3(9)5(11)6(12)4(10)2-8;3-2(4)1-5/h3-12H,1-2H2;5H,1H2,(H,3,4). The molecule has 0 aliphatic heterocycles. The van der Waals surface area contributed by atoms with Gasteiger partial charge in [0.1, 0.15) is 24.4 Å². The first kappa shape index (κ1) is 18.9. The van der Waals surface area contributed by atoms with Crippen LogP contribution in [0.3, 0.4) is 0 Å². The van der Waals surface area contributed by atoms with Crippen LogP contribution in [0.2, 0.25) is 0 Å². The van der Waals surface area contributed by atoms with Crippen LogP contribution in [0, 0.1) is 0 Å². The summed E-state index contributed by atoms with van der Waals surface area (Å²) in [5.74, 6) is -0.965. The molecule has 0 radical (unpaired) electrons. The van der Waals surface area contributed by atoms with Crippen LogP contribution in [0.25, 0.3) is 0 Å². The summed E-state index contributed by atoms with van der Waals surface area (Å²) in [6.07, 6.45) is -6.39. The van der Waals surface area contributed by atoms with E-state index < -0.39 is 43.6 Å². The maximum atomic E-state index is 9.29. The second kappa shape index (κ2) is 10.7. The Bertz CT molecular complexity index is 188. The summed E-state index contributed by atoms with van der Waals surface area (Å²) in [5.41, 5.74) is 0. The molecule has 0 aliphatic rings. The molecule has 8 nitrogen and oxygen atoms in total. The first-order chi connectivity index (χ1) is 7.81. The van der Waals surface area contributed by atoms with E-state index in [-0.39, 0.29) is 5.75 Å². The van der Waals surface area contributed by atoms with Crippen LogP contribution in [0.4, 0.5) is 0 Å². The second-order valence-electron chi connectivity index (χ2n) is 3.03. The number of hydrogen-bond donors (Lipinski definition) is 8. The molecule has 0 aromatic heterocycles. The summed E-state index contributed by atoms with van der Waals surface area (Å²) in [6, 6.07) is 0. The molecule has 0 aromatic carbocycles. The Labute approximate surface area is 103 Å². The van der Waals surface area contributed by atoms with Crippen molar-refractivity contribution in [3.05, 3.63) is 0 Å². The lowest BCUT2D eigenvalue weighted by Crippen LogP contribution is -2.46. The van der Waals surface area contributed by atoms with Crippen molar-refractivity contribution >= 4 is 18.6 Å². The van der Waals surface area contributed by atoms with Crippen molar-refractivity contribution in [2.45, 2.75) is 24.4 Å². The summed E-state index contributed by atoms with van der Waals surface area (Å²) < 4.78 is 0. The molecule has 104 valence electrons. The number of aliphatic carboxylic acids is 1. The zero-order valence-corrected chi connectivity index (χ0v) is 9.81. The molecule has 0 aliphatic carbocycles. The van der Waals surface area contributed by atoms with Crippen molar-refractivity contribution in [3.63, 3.8) is 0 Å². The number of carbonyl (C=O) groups is 1. The van der Waals surface area contributed by atoms with E-state index in [1.165, 1.54) is 0 Å². The predicted molar refractivity (Wildman–Crippen MR) is 59.7 cm³/mol. The van der Waals surface area contributed by atoms with Gasteiger partial charge in [-0.2, -0.15) is 12.6 Å². The first-order valence-electron chi connectivity index (χ1n) is 4.58. The molecule has 17 heavy (non-hydrogen) atoms. The van der Waals surface area contributed by atoms with E-state index in [2.05, 4.69) is 12.6 Å². The largest absolute Gasteiger partial charge is 0.481 e. The molecule has 9 heteroatoms. The van der Waals surface area contributed by atoms with E-state index in [1.54, 1.807) is 0 Å². The summed E-state index contributed by atoms with van der Waals surface area (Å²) in [4.78, 5) is 9.29. The minimum atomic E-state index is -1.67. The van der Waals surface area contributed by atoms with Gasteiger partial charge in [-0.1, -0.05) is 0 Å². The normalized spacial score (nSPS) is 17.4. The third-order valence-electron chi connectivity index (χ3n) is 1.65. The van der Waals surface area contributed by atoms with Gasteiger partial charge in [0.25, 0.3) is 0 Å². The van der Waals surface area contributed by atoms with E-state index in [9.17, 15) is 4.79 Å². The maximum Gasteiger partial charge on any atom is 0.313 e. The lowest BCUT2D eigenvalue weighted by molar-refractivity contribution is -0.133. The van der Waals surface area contributed by atoms with Gasteiger partial charge in [0.15, 0.2) is 0 Å². The molecule has 4 atom stereocenters. The Balaban J connectivity index is 0. The number of carboxylic acids is 1. The quantitative estimate of drug-likeness (QED) is 0.231. The number of carboxylic acid groups (broad SMARTS) is 1. The highest BCUT2D eigenvalue weighted by molar-refractivity contribution is 7.81. The van der Waals surface area contributed by atoms with Crippen molar-refractivity contribution < 1.29 is 40.5 Å². The summed E-state index contributed by atoms with van der Waals surface area (Å²) in [7, 11) is 0.